The molecule has 0 amide bonds. The van der Waals surface area contributed by atoms with Gasteiger partial charge in [0.05, 0.1) is 31.6 Å². The summed E-state index contributed by atoms with van der Waals surface area (Å²) in [6, 6.07) is 8.33. The third-order valence-electron chi connectivity index (χ3n) is 7.93. The van der Waals surface area contributed by atoms with Gasteiger partial charge in [0.25, 0.3) is 0 Å². The molecule has 8 nitrogen and oxygen atoms in total. The molecular weight excluding hydrogens is 514 g/mol. The van der Waals surface area contributed by atoms with Gasteiger partial charge in [-0.05, 0) is 35.9 Å². The number of ether oxygens (including phenoxy) is 1. The number of nitrogens with zero attached hydrogens (tertiary/aromatic N) is 7. The molecule has 0 aliphatic carbocycles. The number of aromatic nitrogens is 4. The minimum absolute atomic E-state index is 0.0227. The Morgan fingerprint density at radius 3 is 2.35 bits per heavy atom. The van der Waals surface area contributed by atoms with Crippen LogP contribution in [-0.2, 0) is 17.8 Å². The van der Waals surface area contributed by atoms with Gasteiger partial charge in [0.15, 0.2) is 11.4 Å². The fourth-order valence-corrected chi connectivity index (χ4v) is 6.10. The highest BCUT2D eigenvalue weighted by Gasteiger charge is 2.64. The van der Waals surface area contributed by atoms with Gasteiger partial charge < -0.3 is 14.5 Å². The monoisotopic (exact) mass is 535 g/mol. The average molecular weight is 536 g/mol. The molecule has 1 spiro atoms. The first-order chi connectivity index (χ1) is 17.7. The molecule has 6 heterocycles. The Morgan fingerprint density at radius 1 is 0.946 bits per heavy atom. The first-order valence-electron chi connectivity index (χ1n) is 11.9. The van der Waals surface area contributed by atoms with Crippen LogP contribution in [0.2, 0.25) is 5.02 Å². The molecular formula is C24H22ClF4N7O. The lowest BCUT2D eigenvalue weighted by molar-refractivity contribution is -0.310. The second kappa shape index (κ2) is 7.78. The number of benzene rings is 1. The molecule has 0 bridgehead atoms. The van der Waals surface area contributed by atoms with E-state index in [0.717, 1.165) is 37.7 Å². The lowest BCUT2D eigenvalue weighted by Crippen LogP contribution is -2.73. The molecule has 0 unspecified atom stereocenters. The second-order valence-electron chi connectivity index (χ2n) is 10.4. The molecule has 194 valence electrons. The van der Waals surface area contributed by atoms with Gasteiger partial charge in [-0.2, -0.15) is 13.2 Å². The van der Waals surface area contributed by atoms with Gasteiger partial charge in [0.1, 0.15) is 11.6 Å². The van der Waals surface area contributed by atoms with Crippen LogP contribution in [-0.4, -0.2) is 75.8 Å². The van der Waals surface area contributed by atoms with Crippen molar-refractivity contribution in [3.8, 4) is 5.69 Å². The van der Waals surface area contributed by atoms with Crippen molar-refractivity contribution >= 4 is 23.4 Å². The second-order valence-corrected chi connectivity index (χ2v) is 10.9. The molecule has 3 aromatic rings. The van der Waals surface area contributed by atoms with Crippen molar-refractivity contribution in [2.24, 2.45) is 5.41 Å². The summed E-state index contributed by atoms with van der Waals surface area (Å²) in [5.41, 5.74) is -0.606. The zero-order valence-electron chi connectivity index (χ0n) is 19.5. The minimum Gasteiger partial charge on any atom is -0.377 e. The van der Waals surface area contributed by atoms with Gasteiger partial charge in [0.2, 0.25) is 5.95 Å². The summed E-state index contributed by atoms with van der Waals surface area (Å²) >= 11 is 6.26. The number of anilines is 2. The van der Waals surface area contributed by atoms with E-state index in [0.29, 0.717) is 22.4 Å². The maximum absolute atomic E-state index is 14.2. The predicted molar refractivity (Wildman–Crippen MR) is 126 cm³/mol. The van der Waals surface area contributed by atoms with Gasteiger partial charge in [-0.3, -0.25) is 9.47 Å². The van der Waals surface area contributed by atoms with Crippen molar-refractivity contribution in [2.75, 3.05) is 49.2 Å². The van der Waals surface area contributed by atoms with Crippen molar-refractivity contribution in [1.82, 2.24) is 24.6 Å². The van der Waals surface area contributed by atoms with E-state index >= 15 is 0 Å². The van der Waals surface area contributed by atoms with Crippen molar-refractivity contribution < 1.29 is 22.3 Å². The first kappa shape index (κ1) is 23.2. The third-order valence-corrected chi connectivity index (χ3v) is 8.16. The fourth-order valence-electron chi connectivity index (χ4n) is 5.90. The zero-order valence-corrected chi connectivity index (χ0v) is 20.3. The van der Waals surface area contributed by atoms with E-state index in [2.05, 4.69) is 25.0 Å². The molecule has 4 aliphatic rings. The normalized spacial score (nSPS) is 22.0. The van der Waals surface area contributed by atoms with Crippen LogP contribution in [0.25, 0.3) is 5.69 Å². The van der Waals surface area contributed by atoms with Crippen molar-refractivity contribution in [1.29, 1.82) is 0 Å². The number of alkyl halides is 3. The number of halogens is 5. The number of fused-ring (bicyclic) bond motifs is 3. The molecule has 3 fully saturated rings. The molecule has 1 aromatic carbocycles. The molecule has 0 N–H and O–H groups in total. The predicted octanol–water partition coefficient (Wildman–Crippen LogP) is 3.43. The summed E-state index contributed by atoms with van der Waals surface area (Å²) in [4.78, 5) is 9.75. The molecule has 0 atom stereocenters. The average Bonchev–Trinajstić information content (AvgIpc) is 3.07. The van der Waals surface area contributed by atoms with E-state index in [1.54, 1.807) is 18.2 Å². The Bertz CT molecular complexity index is 1360. The highest BCUT2D eigenvalue weighted by Crippen LogP contribution is 2.46. The largest absolute Gasteiger partial charge is 0.411 e. The molecule has 3 saturated heterocycles. The van der Waals surface area contributed by atoms with Crippen molar-refractivity contribution in [2.45, 2.75) is 24.8 Å². The van der Waals surface area contributed by atoms with Crippen molar-refractivity contribution in [3.63, 3.8) is 0 Å². The fraction of sp³-hybridized carbons (Fsp3) is 0.458. The number of hydrogen-bond acceptors (Lipinski definition) is 7. The van der Waals surface area contributed by atoms with Gasteiger partial charge in [-0.15, -0.1) is 10.2 Å². The lowest BCUT2D eigenvalue weighted by Gasteiger charge is -2.60. The van der Waals surface area contributed by atoms with Gasteiger partial charge in [-0.1, -0.05) is 11.6 Å². The lowest BCUT2D eigenvalue weighted by atomic mass is 9.73. The van der Waals surface area contributed by atoms with E-state index in [1.807, 2.05) is 10.6 Å². The topological polar surface area (TPSA) is 62.6 Å². The molecule has 2 aromatic heterocycles. The Kier molecular flexibility index (Phi) is 4.87. The standard InChI is InChI=1S/C24H22ClF4N7O/c25-16-1-3-18-15(5-16)7-35(23(13-37-14-23)24(27,28)29)8-20-31-32-21(36(18)20)34-11-22(12-34)9-33(10-22)19-4-2-17(26)6-30-19/h1-6H,7-14H2. The number of pyridine rings is 1. The molecule has 0 saturated carbocycles. The zero-order chi connectivity index (χ0) is 25.6. The van der Waals surface area contributed by atoms with Crippen LogP contribution in [0.4, 0.5) is 29.3 Å². The van der Waals surface area contributed by atoms with Crippen LogP contribution in [0, 0.1) is 11.2 Å². The highest BCUT2D eigenvalue weighted by atomic mass is 35.5. The summed E-state index contributed by atoms with van der Waals surface area (Å²) in [7, 11) is 0. The summed E-state index contributed by atoms with van der Waals surface area (Å²) in [5, 5.41) is 9.21. The van der Waals surface area contributed by atoms with Gasteiger partial charge in [-0.25, -0.2) is 9.37 Å². The SMILES string of the molecule is Fc1ccc(N2CC3(C2)CN(c2nnc4n2-c2ccc(Cl)cc2CN(C2(C(F)(F)F)COC2)C4)C3)nc1. The van der Waals surface area contributed by atoms with Gasteiger partial charge in [0, 0.05) is 43.2 Å². The Morgan fingerprint density at radius 2 is 1.70 bits per heavy atom. The van der Waals surface area contributed by atoms with E-state index in [4.69, 9.17) is 16.3 Å². The van der Waals surface area contributed by atoms with E-state index in [9.17, 15) is 17.6 Å². The summed E-state index contributed by atoms with van der Waals surface area (Å²) in [6.07, 6.45) is -3.24. The summed E-state index contributed by atoms with van der Waals surface area (Å²) in [5.74, 6) is 1.42. The smallest absolute Gasteiger partial charge is 0.377 e. The van der Waals surface area contributed by atoms with Crippen molar-refractivity contribution in [3.05, 3.63) is 58.8 Å². The maximum atomic E-state index is 14.2. The maximum Gasteiger partial charge on any atom is 0.411 e. The third kappa shape index (κ3) is 3.45. The van der Waals surface area contributed by atoms with Crippen LogP contribution < -0.4 is 9.80 Å². The minimum atomic E-state index is -4.46. The Labute approximate surface area is 214 Å². The van der Waals surface area contributed by atoms with Gasteiger partial charge >= 0.3 is 6.18 Å². The Balaban J connectivity index is 1.17. The molecule has 0 radical (unpaired) electrons. The van der Waals surface area contributed by atoms with Crippen LogP contribution in [0.1, 0.15) is 11.4 Å². The number of rotatable bonds is 3. The highest BCUT2D eigenvalue weighted by molar-refractivity contribution is 6.30. The van der Waals surface area contributed by atoms with E-state index < -0.39 is 24.9 Å². The van der Waals surface area contributed by atoms with Crippen LogP contribution in [0.5, 0.6) is 0 Å². The quantitative estimate of drug-likeness (QED) is 0.476. The molecule has 13 heteroatoms. The Hall–Kier alpha value is -2.96. The van der Waals surface area contributed by atoms with E-state index in [-0.39, 0.29) is 24.3 Å². The van der Waals surface area contributed by atoms with Crippen LogP contribution in [0.15, 0.2) is 36.5 Å². The number of hydrogen-bond donors (Lipinski definition) is 0. The van der Waals surface area contributed by atoms with E-state index in [1.165, 1.54) is 17.2 Å². The van der Waals surface area contributed by atoms with Crippen LogP contribution >= 0.6 is 11.6 Å². The molecule has 37 heavy (non-hydrogen) atoms. The summed E-state index contributed by atoms with van der Waals surface area (Å²) < 4.78 is 62.7. The molecule has 7 rings (SSSR count). The molecule has 4 aliphatic heterocycles. The summed E-state index contributed by atoms with van der Waals surface area (Å²) in [6.45, 7) is 2.25. The first-order valence-corrected chi connectivity index (χ1v) is 12.3. The van der Waals surface area contributed by atoms with Crippen LogP contribution in [0.3, 0.4) is 0 Å².